The van der Waals surface area contributed by atoms with E-state index in [1.54, 1.807) is 12.1 Å². The molecule has 23 heavy (non-hydrogen) atoms. The van der Waals surface area contributed by atoms with Crippen molar-refractivity contribution in [3.05, 3.63) is 48.0 Å². The van der Waals surface area contributed by atoms with Crippen LogP contribution in [0, 0.1) is 0 Å². The van der Waals surface area contributed by atoms with Crippen LogP contribution in [0.1, 0.15) is 5.56 Å². The number of alkyl halides is 1. The molecule has 0 saturated carbocycles. The topological polar surface area (TPSA) is 90.5 Å². The number of aromatic amines is 1. The second-order valence-corrected chi connectivity index (χ2v) is 5.28. The third-order valence-corrected chi connectivity index (χ3v) is 3.17. The van der Waals surface area contributed by atoms with Gasteiger partial charge in [-0.15, -0.1) is 0 Å². The summed E-state index contributed by atoms with van der Waals surface area (Å²) in [5, 5.41) is 6.40. The molecule has 0 spiro atoms. The first-order valence-corrected chi connectivity index (χ1v) is 7.90. The Morgan fingerprint density at radius 3 is 2.61 bits per heavy atom. The van der Waals surface area contributed by atoms with Crippen LogP contribution in [0.2, 0.25) is 0 Å². The van der Waals surface area contributed by atoms with Gasteiger partial charge in [-0.3, -0.25) is 5.32 Å². The molecule has 0 radical (unpaired) electrons. The normalized spacial score (nSPS) is 9.61. The second kappa shape index (κ2) is 9.91. The molecule has 0 aliphatic rings. The molecule has 0 aliphatic carbocycles. The Balaban J connectivity index is 0.00000264. The molecule has 1 aromatic carbocycles. The lowest BCUT2D eigenvalue weighted by Gasteiger charge is -2.07. The molecule has 0 saturated heterocycles. The molecule has 0 bridgehead atoms. The van der Waals surface area contributed by atoms with Crippen molar-refractivity contribution in [2.24, 2.45) is 0 Å². The van der Waals surface area contributed by atoms with Crippen LogP contribution in [0.4, 0.5) is 22.1 Å². The van der Waals surface area contributed by atoms with Crippen molar-refractivity contribution in [2.45, 2.75) is 6.54 Å². The van der Waals surface area contributed by atoms with Crippen LogP contribution in [0.15, 0.2) is 42.5 Å². The summed E-state index contributed by atoms with van der Waals surface area (Å²) in [4.78, 5) is 14.5. The van der Waals surface area contributed by atoms with E-state index in [0.29, 0.717) is 30.0 Å². The highest BCUT2D eigenvalue weighted by atomic mass is 79.9. The predicted octanol–water partition coefficient (Wildman–Crippen LogP) is -0.358. The molecule has 0 unspecified atom stereocenters. The molecule has 1 heterocycles. The van der Waals surface area contributed by atoms with Gasteiger partial charge in [0.15, 0.2) is 0 Å². The number of halogens is 2. The lowest BCUT2D eigenvalue weighted by Crippen LogP contribution is -3.00. The molecule has 5 N–H and O–H groups in total. The monoisotopic (exact) mass is 400 g/mol. The number of nitrogens with two attached hydrogens (primary N) is 1. The summed E-state index contributed by atoms with van der Waals surface area (Å²) in [6.07, 6.45) is -0.537. The molecule has 0 atom stereocenters. The minimum atomic E-state index is -0.537. The zero-order valence-electron chi connectivity index (χ0n) is 12.3. The minimum Gasteiger partial charge on any atom is -1.00 e. The number of amides is 1. The van der Waals surface area contributed by atoms with Gasteiger partial charge in [0.25, 0.3) is 0 Å². The van der Waals surface area contributed by atoms with E-state index in [1.165, 1.54) is 0 Å². The quantitative estimate of drug-likeness (QED) is 0.577. The lowest BCUT2D eigenvalue weighted by atomic mass is 10.2. The third-order valence-electron chi connectivity index (χ3n) is 2.85. The van der Waals surface area contributed by atoms with Gasteiger partial charge in [-0.25, -0.2) is 9.78 Å². The van der Waals surface area contributed by atoms with Crippen molar-refractivity contribution in [3.63, 3.8) is 0 Å². The molecule has 1 amide bonds. The summed E-state index contributed by atoms with van der Waals surface area (Å²) in [5.74, 6) is 1.12. The summed E-state index contributed by atoms with van der Waals surface area (Å²) in [6, 6.07) is 13.5. The van der Waals surface area contributed by atoms with E-state index in [4.69, 9.17) is 10.5 Å². The van der Waals surface area contributed by atoms with E-state index >= 15 is 0 Å². The summed E-state index contributed by atoms with van der Waals surface area (Å²) >= 11 is 3.18. The highest BCUT2D eigenvalue weighted by molar-refractivity contribution is 9.09. The number of nitrogens with one attached hydrogen (secondary N) is 3. The van der Waals surface area contributed by atoms with Crippen LogP contribution in [0.25, 0.3) is 0 Å². The van der Waals surface area contributed by atoms with Crippen molar-refractivity contribution >= 4 is 39.3 Å². The average molecular weight is 402 g/mol. The number of benzene rings is 1. The van der Waals surface area contributed by atoms with Gasteiger partial charge in [-0.1, -0.05) is 46.3 Å². The maximum atomic E-state index is 11.5. The number of carbonyl (C=O) groups is 1. The third kappa shape index (κ3) is 6.33. The number of ether oxygens (including phenoxy) is 1. The molecular weight excluding hydrogens is 384 g/mol. The van der Waals surface area contributed by atoms with E-state index in [0.717, 1.165) is 11.4 Å². The molecule has 0 fully saturated rings. The predicted molar refractivity (Wildman–Crippen MR) is 89.9 cm³/mol. The fraction of sp³-hybridized carbons (Fsp3) is 0.200. The van der Waals surface area contributed by atoms with Crippen molar-refractivity contribution in [1.82, 2.24) is 0 Å². The molecule has 6 nitrogen and oxygen atoms in total. The van der Waals surface area contributed by atoms with Crippen molar-refractivity contribution in [3.8, 4) is 0 Å². The Hall–Kier alpha value is -1.99. The fourth-order valence-corrected chi connectivity index (χ4v) is 1.95. The summed E-state index contributed by atoms with van der Waals surface area (Å²) in [5.41, 5.74) is 7.53. The Bertz CT molecular complexity index is 628. The zero-order valence-corrected chi connectivity index (χ0v) is 14.7. The molecule has 2 rings (SSSR count). The number of nitrogen functional groups attached to an aromatic ring is 1. The van der Waals surface area contributed by atoms with Gasteiger partial charge in [0, 0.05) is 11.4 Å². The number of aromatic nitrogens is 1. The van der Waals surface area contributed by atoms with Crippen LogP contribution in [0.3, 0.4) is 0 Å². The lowest BCUT2D eigenvalue weighted by molar-refractivity contribution is -0.342. The number of anilines is 3. The number of H-pyrrole nitrogens is 1. The first-order chi connectivity index (χ1) is 10.7. The second-order valence-electron chi connectivity index (χ2n) is 4.49. The number of rotatable bonds is 6. The van der Waals surface area contributed by atoms with Gasteiger partial charge < -0.3 is 28.2 Å². The van der Waals surface area contributed by atoms with E-state index in [-0.39, 0.29) is 12.4 Å². The molecule has 1 aromatic heterocycles. The number of carbonyl (C=O) groups excluding carboxylic acids is 1. The molecular formula is C15H18BrClN4O2. The van der Waals surface area contributed by atoms with Gasteiger partial charge in [-0.05, 0) is 11.6 Å². The Morgan fingerprint density at radius 1 is 1.22 bits per heavy atom. The zero-order chi connectivity index (χ0) is 15.8. The maximum Gasteiger partial charge on any atom is 0.411 e. The smallest absolute Gasteiger partial charge is 0.411 e. The highest BCUT2D eigenvalue weighted by Crippen LogP contribution is 2.15. The molecule has 8 heteroatoms. The first-order valence-electron chi connectivity index (χ1n) is 6.78. The van der Waals surface area contributed by atoms with E-state index in [2.05, 4.69) is 31.5 Å². The van der Waals surface area contributed by atoms with Crippen LogP contribution >= 0.6 is 15.9 Å². The van der Waals surface area contributed by atoms with Gasteiger partial charge in [0.05, 0.1) is 6.54 Å². The van der Waals surface area contributed by atoms with Crippen molar-refractivity contribution in [2.75, 3.05) is 28.3 Å². The van der Waals surface area contributed by atoms with Gasteiger partial charge in [0.1, 0.15) is 12.3 Å². The van der Waals surface area contributed by atoms with Crippen LogP contribution in [-0.4, -0.2) is 18.0 Å². The SMILES string of the molecule is Nc1[nH+]c(NCc2ccccc2)ccc1NC(=O)OCCBr.[Cl-]. The van der Waals surface area contributed by atoms with Crippen LogP contribution in [0.5, 0.6) is 0 Å². The molecule has 2 aromatic rings. The van der Waals surface area contributed by atoms with Crippen molar-refractivity contribution in [1.29, 1.82) is 0 Å². The van der Waals surface area contributed by atoms with Crippen molar-refractivity contribution < 1.29 is 26.9 Å². The summed E-state index contributed by atoms with van der Waals surface area (Å²) < 4.78 is 4.90. The Labute approximate surface area is 149 Å². The summed E-state index contributed by atoms with van der Waals surface area (Å²) in [7, 11) is 0. The largest absolute Gasteiger partial charge is 1.00 e. The highest BCUT2D eigenvalue weighted by Gasteiger charge is 2.10. The van der Waals surface area contributed by atoms with Crippen LogP contribution < -0.4 is 33.8 Å². The summed E-state index contributed by atoms with van der Waals surface area (Å²) in [6.45, 7) is 0.975. The van der Waals surface area contributed by atoms with Gasteiger partial charge in [0.2, 0.25) is 11.6 Å². The van der Waals surface area contributed by atoms with E-state index in [9.17, 15) is 4.79 Å². The molecule has 0 aliphatic heterocycles. The Kier molecular flexibility index (Phi) is 8.21. The fourth-order valence-electron chi connectivity index (χ4n) is 1.79. The van der Waals surface area contributed by atoms with Gasteiger partial charge >= 0.3 is 6.09 Å². The molecule has 124 valence electrons. The minimum absolute atomic E-state index is 0. The number of hydrogen-bond acceptors (Lipinski definition) is 4. The first kappa shape index (κ1) is 19.1. The number of pyridine rings is 1. The average Bonchev–Trinajstić information content (AvgIpc) is 2.54. The van der Waals surface area contributed by atoms with Crippen LogP contribution in [-0.2, 0) is 11.3 Å². The maximum absolute atomic E-state index is 11.5. The standard InChI is InChI=1S/C15H17BrN4O2.ClH/c16-8-9-22-15(21)19-12-6-7-13(20-14(12)17)18-10-11-4-2-1-3-5-11;/h1-7H,8-10H2,(H,19,21)(H3,17,18,20);1H. The Morgan fingerprint density at radius 2 is 1.96 bits per heavy atom. The van der Waals surface area contributed by atoms with E-state index in [1.807, 2.05) is 30.3 Å². The van der Waals surface area contributed by atoms with E-state index < -0.39 is 6.09 Å². The number of hydrogen-bond donors (Lipinski definition) is 3. The van der Waals surface area contributed by atoms with Gasteiger partial charge in [-0.2, -0.15) is 0 Å².